The minimum atomic E-state index is -4.45. The number of alkyl halides is 3. The quantitative estimate of drug-likeness (QED) is 0.725. The van der Waals surface area contributed by atoms with Gasteiger partial charge in [0.2, 0.25) is 5.89 Å². The molecule has 0 spiro atoms. The van der Waals surface area contributed by atoms with Crippen LogP contribution in [0.4, 0.5) is 13.2 Å². The fourth-order valence-electron chi connectivity index (χ4n) is 0.772. The first-order valence-corrected chi connectivity index (χ1v) is 3.98. The van der Waals surface area contributed by atoms with Gasteiger partial charge in [-0.25, -0.2) is 4.79 Å². The third kappa shape index (κ3) is 3.56. The first kappa shape index (κ1) is 11.5. The zero-order valence-corrected chi connectivity index (χ0v) is 7.67. The molecular formula is C7H7F3N2O3. The number of carbonyl (C=O) groups excluding carboxylic acids is 1. The second-order valence-electron chi connectivity index (χ2n) is 2.51. The van der Waals surface area contributed by atoms with Crippen molar-refractivity contribution in [1.82, 2.24) is 10.2 Å². The van der Waals surface area contributed by atoms with Gasteiger partial charge in [-0.15, -0.1) is 10.2 Å². The van der Waals surface area contributed by atoms with Gasteiger partial charge in [0.05, 0.1) is 6.61 Å². The van der Waals surface area contributed by atoms with Crippen molar-refractivity contribution >= 4 is 5.97 Å². The predicted octanol–water partition coefficient (Wildman–Crippen LogP) is 1.35. The molecule has 5 nitrogen and oxygen atoms in total. The van der Waals surface area contributed by atoms with E-state index >= 15 is 0 Å². The topological polar surface area (TPSA) is 65.2 Å². The molecule has 84 valence electrons. The maximum atomic E-state index is 11.9. The fraction of sp³-hybridized carbons (Fsp3) is 0.571. The van der Waals surface area contributed by atoms with E-state index in [9.17, 15) is 18.0 Å². The molecule has 0 saturated heterocycles. The number of ether oxygens (including phenoxy) is 1. The average Bonchev–Trinajstić information content (AvgIpc) is 2.50. The Labute approximate surface area is 82.2 Å². The molecule has 1 aromatic rings. The predicted molar refractivity (Wildman–Crippen MR) is 40.0 cm³/mol. The van der Waals surface area contributed by atoms with Crippen LogP contribution in [0.1, 0.15) is 23.5 Å². The first-order valence-electron chi connectivity index (χ1n) is 3.98. The summed E-state index contributed by atoms with van der Waals surface area (Å²) >= 11 is 0. The molecule has 0 bridgehead atoms. The van der Waals surface area contributed by atoms with Crippen molar-refractivity contribution in [2.45, 2.75) is 19.5 Å². The lowest BCUT2D eigenvalue weighted by Gasteiger charge is -2.00. The van der Waals surface area contributed by atoms with Gasteiger partial charge >= 0.3 is 18.0 Å². The molecule has 0 saturated carbocycles. The Morgan fingerprint density at radius 3 is 2.67 bits per heavy atom. The molecule has 0 N–H and O–H groups in total. The normalized spacial score (nSPS) is 11.5. The molecule has 15 heavy (non-hydrogen) atoms. The van der Waals surface area contributed by atoms with E-state index in [1.54, 1.807) is 6.92 Å². The van der Waals surface area contributed by atoms with Crippen LogP contribution in [0.3, 0.4) is 0 Å². The van der Waals surface area contributed by atoms with E-state index in [0.717, 1.165) is 0 Å². The van der Waals surface area contributed by atoms with E-state index in [4.69, 9.17) is 0 Å². The van der Waals surface area contributed by atoms with Crippen molar-refractivity contribution < 1.29 is 27.1 Å². The number of carbonyl (C=O) groups is 1. The monoisotopic (exact) mass is 224 g/mol. The lowest BCUT2D eigenvalue weighted by atomic mass is 10.4. The van der Waals surface area contributed by atoms with Gasteiger partial charge in [0.15, 0.2) is 0 Å². The van der Waals surface area contributed by atoms with Crippen LogP contribution >= 0.6 is 0 Å². The van der Waals surface area contributed by atoms with Crippen LogP contribution in [0.15, 0.2) is 4.42 Å². The summed E-state index contributed by atoms with van der Waals surface area (Å²) < 4.78 is 44.5. The van der Waals surface area contributed by atoms with Crippen molar-refractivity contribution in [3.8, 4) is 0 Å². The number of rotatable bonds is 3. The highest BCUT2D eigenvalue weighted by Crippen LogP contribution is 2.20. The second-order valence-corrected chi connectivity index (χ2v) is 2.51. The van der Waals surface area contributed by atoms with E-state index in [1.807, 2.05) is 0 Å². The first-order chi connectivity index (χ1) is 6.92. The largest absolute Gasteiger partial charge is 0.459 e. The minimum Gasteiger partial charge on any atom is -0.459 e. The SMILES string of the molecule is CCOC(=O)c1nnc(CC(F)(F)F)o1. The molecule has 0 amide bonds. The molecule has 1 heterocycles. The molecule has 0 unspecified atom stereocenters. The van der Waals surface area contributed by atoms with Crippen LogP contribution in [-0.4, -0.2) is 28.9 Å². The van der Waals surface area contributed by atoms with Crippen LogP contribution < -0.4 is 0 Å². The summed E-state index contributed by atoms with van der Waals surface area (Å²) in [7, 11) is 0. The number of hydrogen-bond acceptors (Lipinski definition) is 5. The lowest BCUT2D eigenvalue weighted by molar-refractivity contribution is -0.131. The van der Waals surface area contributed by atoms with Crippen LogP contribution in [0.5, 0.6) is 0 Å². The second kappa shape index (κ2) is 4.28. The Hall–Kier alpha value is -1.60. The smallest absolute Gasteiger partial charge is 0.397 e. The van der Waals surface area contributed by atoms with Gasteiger partial charge in [-0.3, -0.25) is 0 Å². The molecule has 0 aliphatic carbocycles. The third-order valence-corrected chi connectivity index (χ3v) is 1.27. The van der Waals surface area contributed by atoms with Gasteiger partial charge in [-0.05, 0) is 6.92 Å². The maximum absolute atomic E-state index is 11.9. The Balaban J connectivity index is 2.68. The Morgan fingerprint density at radius 2 is 2.13 bits per heavy atom. The summed E-state index contributed by atoms with van der Waals surface area (Å²) in [6.45, 7) is 1.63. The number of esters is 1. The van der Waals surface area contributed by atoms with Crippen molar-refractivity contribution in [3.05, 3.63) is 11.8 Å². The molecule has 0 aromatic carbocycles. The molecule has 0 aliphatic heterocycles. The highest BCUT2D eigenvalue weighted by atomic mass is 19.4. The van der Waals surface area contributed by atoms with Crippen molar-refractivity contribution in [1.29, 1.82) is 0 Å². The third-order valence-electron chi connectivity index (χ3n) is 1.27. The molecule has 1 aromatic heterocycles. The van der Waals surface area contributed by atoms with Crippen LogP contribution in [0.25, 0.3) is 0 Å². The van der Waals surface area contributed by atoms with Gasteiger partial charge < -0.3 is 9.15 Å². The lowest BCUT2D eigenvalue weighted by Crippen LogP contribution is -2.11. The highest BCUT2D eigenvalue weighted by Gasteiger charge is 2.31. The molecule has 0 fully saturated rings. The van der Waals surface area contributed by atoms with Gasteiger partial charge in [-0.1, -0.05) is 0 Å². The van der Waals surface area contributed by atoms with Crippen molar-refractivity contribution in [3.63, 3.8) is 0 Å². The van der Waals surface area contributed by atoms with Gasteiger partial charge in [0.1, 0.15) is 6.42 Å². The summed E-state index contributed by atoms with van der Waals surface area (Å²) in [5, 5.41) is 6.20. The Bertz CT molecular complexity index is 347. The summed E-state index contributed by atoms with van der Waals surface area (Å²) in [5.41, 5.74) is 0. The zero-order chi connectivity index (χ0) is 11.5. The fourth-order valence-corrected chi connectivity index (χ4v) is 0.772. The van der Waals surface area contributed by atoms with E-state index in [-0.39, 0.29) is 6.61 Å². The highest BCUT2D eigenvalue weighted by molar-refractivity contribution is 5.83. The summed E-state index contributed by atoms with van der Waals surface area (Å²) in [6.07, 6.45) is -5.81. The van der Waals surface area contributed by atoms with Crippen LogP contribution in [0, 0.1) is 0 Å². The molecule has 0 aliphatic rings. The Morgan fingerprint density at radius 1 is 1.47 bits per heavy atom. The number of nitrogens with zero attached hydrogens (tertiary/aromatic N) is 2. The van der Waals surface area contributed by atoms with Crippen LogP contribution in [-0.2, 0) is 11.2 Å². The number of halogens is 3. The van der Waals surface area contributed by atoms with Gasteiger partial charge in [0, 0.05) is 0 Å². The zero-order valence-electron chi connectivity index (χ0n) is 7.67. The average molecular weight is 224 g/mol. The molecular weight excluding hydrogens is 217 g/mol. The summed E-state index contributed by atoms with van der Waals surface area (Å²) in [5.74, 6) is -2.17. The van der Waals surface area contributed by atoms with E-state index < -0.39 is 30.3 Å². The van der Waals surface area contributed by atoms with E-state index in [0.29, 0.717) is 0 Å². The molecule has 0 radical (unpaired) electrons. The molecule has 1 rings (SSSR count). The number of aromatic nitrogens is 2. The summed E-state index contributed by atoms with van der Waals surface area (Å²) in [4.78, 5) is 10.9. The Kier molecular flexibility index (Phi) is 3.28. The summed E-state index contributed by atoms with van der Waals surface area (Å²) in [6, 6.07) is 0. The number of hydrogen-bond donors (Lipinski definition) is 0. The van der Waals surface area contributed by atoms with E-state index in [1.165, 1.54) is 0 Å². The van der Waals surface area contributed by atoms with Crippen molar-refractivity contribution in [2.24, 2.45) is 0 Å². The maximum Gasteiger partial charge on any atom is 0.397 e. The van der Waals surface area contributed by atoms with Crippen molar-refractivity contribution in [2.75, 3.05) is 6.61 Å². The minimum absolute atomic E-state index is 0.0792. The van der Waals surface area contributed by atoms with Gasteiger partial charge in [-0.2, -0.15) is 13.2 Å². The van der Waals surface area contributed by atoms with Gasteiger partial charge in [0.25, 0.3) is 0 Å². The standard InChI is InChI=1S/C7H7F3N2O3/c1-2-14-6(13)5-12-11-4(15-5)3-7(8,9)10/h2-3H2,1H3. The molecule has 0 atom stereocenters. The van der Waals surface area contributed by atoms with E-state index in [2.05, 4.69) is 19.4 Å². The molecule has 8 heteroatoms. The van der Waals surface area contributed by atoms with Crippen LogP contribution in [0.2, 0.25) is 0 Å².